The molecule has 0 aromatic heterocycles. The standard InChI is InChI=1S/C16H21N3O/c1-6-12-7-8-15(18(3)4)13(9-12)16-14(10-20)11(2)17-19(16)5/h1,7-11,14,16-17H,2-5H3. The number of rotatable bonds is 3. The summed E-state index contributed by atoms with van der Waals surface area (Å²) >= 11 is 0. The summed E-state index contributed by atoms with van der Waals surface area (Å²) in [7, 11) is 5.96. The van der Waals surface area contributed by atoms with Gasteiger partial charge in [0.15, 0.2) is 0 Å². The Bertz CT molecular complexity index is 547. The maximum Gasteiger partial charge on any atom is 0.126 e. The first-order chi connectivity index (χ1) is 9.49. The van der Waals surface area contributed by atoms with E-state index in [1.807, 2.05) is 56.2 Å². The molecule has 1 saturated heterocycles. The van der Waals surface area contributed by atoms with Gasteiger partial charge in [0.05, 0.1) is 12.0 Å². The molecule has 1 aliphatic rings. The molecule has 1 aliphatic heterocycles. The lowest BCUT2D eigenvalue weighted by atomic mass is 9.89. The number of hydrogen-bond acceptors (Lipinski definition) is 4. The fourth-order valence-corrected chi connectivity index (χ4v) is 2.92. The van der Waals surface area contributed by atoms with Crippen LogP contribution in [-0.4, -0.2) is 38.5 Å². The van der Waals surface area contributed by atoms with Crippen LogP contribution in [0.1, 0.15) is 24.1 Å². The third-order valence-corrected chi connectivity index (χ3v) is 3.92. The Kier molecular flexibility index (Phi) is 4.12. The smallest absolute Gasteiger partial charge is 0.126 e. The summed E-state index contributed by atoms with van der Waals surface area (Å²) in [6, 6.07) is 6.07. The fourth-order valence-electron chi connectivity index (χ4n) is 2.92. The van der Waals surface area contributed by atoms with Gasteiger partial charge in [-0.2, -0.15) is 0 Å². The number of nitrogens with zero attached hydrogens (tertiary/aromatic N) is 2. The number of terminal acetylenes is 1. The average molecular weight is 271 g/mol. The van der Waals surface area contributed by atoms with E-state index in [9.17, 15) is 4.79 Å². The molecule has 0 bridgehead atoms. The number of nitrogens with one attached hydrogen (secondary N) is 1. The molecule has 4 heteroatoms. The van der Waals surface area contributed by atoms with Gasteiger partial charge in [-0.1, -0.05) is 5.92 Å². The van der Waals surface area contributed by atoms with Crippen molar-refractivity contribution in [1.82, 2.24) is 10.4 Å². The largest absolute Gasteiger partial charge is 0.377 e. The average Bonchev–Trinajstić information content (AvgIpc) is 2.71. The van der Waals surface area contributed by atoms with Crippen LogP contribution in [0, 0.1) is 18.3 Å². The molecule has 3 atom stereocenters. The van der Waals surface area contributed by atoms with Crippen LogP contribution in [0.5, 0.6) is 0 Å². The molecular formula is C16H21N3O. The lowest BCUT2D eigenvalue weighted by Gasteiger charge is -2.27. The van der Waals surface area contributed by atoms with Gasteiger partial charge < -0.3 is 9.69 Å². The van der Waals surface area contributed by atoms with Gasteiger partial charge in [-0.15, -0.1) is 6.42 Å². The Labute approximate surface area is 120 Å². The van der Waals surface area contributed by atoms with Crippen molar-refractivity contribution in [1.29, 1.82) is 0 Å². The molecule has 3 unspecified atom stereocenters. The molecule has 1 heterocycles. The summed E-state index contributed by atoms with van der Waals surface area (Å²) in [5.74, 6) is 2.58. The van der Waals surface area contributed by atoms with Crippen molar-refractivity contribution in [3.05, 3.63) is 29.3 Å². The number of carbonyl (C=O) groups excluding carboxylic acids is 1. The minimum Gasteiger partial charge on any atom is -0.377 e. The zero-order valence-electron chi connectivity index (χ0n) is 12.4. The number of carbonyl (C=O) groups is 1. The lowest BCUT2D eigenvalue weighted by molar-refractivity contribution is -0.111. The molecule has 0 spiro atoms. The first kappa shape index (κ1) is 14.6. The number of anilines is 1. The van der Waals surface area contributed by atoms with E-state index in [2.05, 4.69) is 11.3 Å². The Balaban J connectivity index is 2.55. The Morgan fingerprint density at radius 3 is 2.70 bits per heavy atom. The van der Waals surface area contributed by atoms with Crippen LogP contribution in [0.3, 0.4) is 0 Å². The van der Waals surface area contributed by atoms with Gasteiger partial charge in [0, 0.05) is 38.4 Å². The van der Waals surface area contributed by atoms with Crippen molar-refractivity contribution < 1.29 is 4.79 Å². The van der Waals surface area contributed by atoms with Crippen molar-refractivity contribution in [3.8, 4) is 12.3 Å². The molecule has 0 amide bonds. The van der Waals surface area contributed by atoms with Crippen LogP contribution in [0.25, 0.3) is 0 Å². The van der Waals surface area contributed by atoms with Crippen molar-refractivity contribution in [3.63, 3.8) is 0 Å². The molecule has 0 saturated carbocycles. The Morgan fingerprint density at radius 2 is 2.15 bits per heavy atom. The second-order valence-corrected chi connectivity index (χ2v) is 5.50. The highest BCUT2D eigenvalue weighted by Gasteiger charge is 2.39. The first-order valence-corrected chi connectivity index (χ1v) is 6.71. The molecule has 2 rings (SSSR count). The van der Waals surface area contributed by atoms with Crippen LogP contribution in [-0.2, 0) is 4.79 Å². The van der Waals surface area contributed by atoms with E-state index in [0.717, 1.165) is 23.1 Å². The summed E-state index contributed by atoms with van der Waals surface area (Å²) < 4.78 is 0. The van der Waals surface area contributed by atoms with Gasteiger partial charge >= 0.3 is 0 Å². The van der Waals surface area contributed by atoms with E-state index in [1.165, 1.54) is 0 Å². The first-order valence-electron chi connectivity index (χ1n) is 6.71. The molecule has 20 heavy (non-hydrogen) atoms. The van der Waals surface area contributed by atoms with Crippen LogP contribution in [0.15, 0.2) is 18.2 Å². The Hall–Kier alpha value is -1.83. The number of benzene rings is 1. The quantitative estimate of drug-likeness (QED) is 0.666. The topological polar surface area (TPSA) is 35.6 Å². The van der Waals surface area contributed by atoms with E-state index in [-0.39, 0.29) is 18.0 Å². The molecule has 106 valence electrons. The third-order valence-electron chi connectivity index (χ3n) is 3.92. The Morgan fingerprint density at radius 1 is 1.45 bits per heavy atom. The lowest BCUT2D eigenvalue weighted by Crippen LogP contribution is -2.32. The zero-order valence-corrected chi connectivity index (χ0v) is 12.4. The third kappa shape index (κ3) is 2.43. The SMILES string of the molecule is C#Cc1ccc(N(C)C)c(C2C(C=O)C(C)NN2C)c1. The van der Waals surface area contributed by atoms with Crippen molar-refractivity contribution in [2.75, 3.05) is 26.0 Å². The van der Waals surface area contributed by atoms with Crippen LogP contribution in [0.2, 0.25) is 0 Å². The minimum atomic E-state index is -0.0910. The van der Waals surface area contributed by atoms with E-state index < -0.39 is 0 Å². The molecule has 0 aliphatic carbocycles. The summed E-state index contributed by atoms with van der Waals surface area (Å²) in [5, 5.41) is 2.01. The van der Waals surface area contributed by atoms with Crippen molar-refractivity contribution in [2.45, 2.75) is 19.0 Å². The summed E-state index contributed by atoms with van der Waals surface area (Å²) in [6.45, 7) is 2.02. The second kappa shape index (κ2) is 5.66. The maximum atomic E-state index is 11.5. The monoisotopic (exact) mass is 271 g/mol. The van der Waals surface area contributed by atoms with Crippen molar-refractivity contribution >= 4 is 12.0 Å². The predicted molar refractivity (Wildman–Crippen MR) is 81.4 cm³/mol. The zero-order chi connectivity index (χ0) is 14.9. The normalized spacial score (nSPS) is 26.2. The van der Waals surface area contributed by atoms with Crippen LogP contribution >= 0.6 is 0 Å². The molecule has 4 nitrogen and oxygen atoms in total. The van der Waals surface area contributed by atoms with Crippen LogP contribution in [0.4, 0.5) is 5.69 Å². The molecule has 1 aromatic carbocycles. The van der Waals surface area contributed by atoms with Crippen molar-refractivity contribution in [2.24, 2.45) is 5.92 Å². The van der Waals surface area contributed by atoms with Gasteiger partial charge in [0.25, 0.3) is 0 Å². The number of aldehydes is 1. The van der Waals surface area contributed by atoms with Gasteiger partial charge in [-0.3, -0.25) is 5.43 Å². The minimum absolute atomic E-state index is 0.00630. The van der Waals surface area contributed by atoms with Gasteiger partial charge in [-0.05, 0) is 30.7 Å². The molecule has 0 radical (unpaired) electrons. The van der Waals surface area contributed by atoms with E-state index in [4.69, 9.17) is 6.42 Å². The molecular weight excluding hydrogens is 250 g/mol. The van der Waals surface area contributed by atoms with Gasteiger partial charge in [0.2, 0.25) is 0 Å². The summed E-state index contributed by atoms with van der Waals surface area (Å²) in [5.41, 5.74) is 6.31. The van der Waals surface area contributed by atoms with E-state index >= 15 is 0 Å². The summed E-state index contributed by atoms with van der Waals surface area (Å²) in [6.07, 6.45) is 6.55. The fraction of sp³-hybridized carbons (Fsp3) is 0.438. The number of hydrazine groups is 1. The van der Waals surface area contributed by atoms with E-state index in [0.29, 0.717) is 0 Å². The summed E-state index contributed by atoms with van der Waals surface area (Å²) in [4.78, 5) is 13.5. The molecule has 1 fully saturated rings. The second-order valence-electron chi connectivity index (χ2n) is 5.50. The van der Waals surface area contributed by atoms with E-state index in [1.54, 1.807) is 0 Å². The maximum absolute atomic E-state index is 11.5. The molecule has 1 aromatic rings. The highest BCUT2D eigenvalue weighted by atomic mass is 16.1. The predicted octanol–water partition coefficient (Wildman–Crippen LogP) is 1.43. The number of hydrogen-bond donors (Lipinski definition) is 1. The highest BCUT2D eigenvalue weighted by Crippen LogP contribution is 2.38. The van der Waals surface area contributed by atoms with Gasteiger partial charge in [0.1, 0.15) is 6.29 Å². The molecule has 1 N–H and O–H groups in total. The van der Waals surface area contributed by atoms with Gasteiger partial charge in [-0.25, -0.2) is 5.01 Å². The van der Waals surface area contributed by atoms with Crippen LogP contribution < -0.4 is 10.3 Å². The highest BCUT2D eigenvalue weighted by molar-refractivity contribution is 5.63.